The molecule has 1 heterocycles. The van der Waals surface area contributed by atoms with E-state index in [0.717, 1.165) is 12.0 Å². The fourth-order valence-corrected chi connectivity index (χ4v) is 3.32. The van der Waals surface area contributed by atoms with E-state index in [4.69, 9.17) is 17.0 Å². The second kappa shape index (κ2) is 9.04. The Morgan fingerprint density at radius 2 is 2.16 bits per heavy atom. The van der Waals surface area contributed by atoms with Crippen LogP contribution >= 0.6 is 12.2 Å². The maximum Gasteiger partial charge on any atom is 0.287 e. The van der Waals surface area contributed by atoms with Crippen molar-refractivity contribution in [3.05, 3.63) is 23.8 Å². The molecule has 2 rings (SSSR count). The quantitative estimate of drug-likeness (QED) is 0.530. The highest BCUT2D eigenvalue weighted by Gasteiger charge is 2.34. The van der Waals surface area contributed by atoms with Gasteiger partial charge >= 0.3 is 0 Å². The average Bonchev–Trinajstić information content (AvgIpc) is 3.08. The molecule has 0 radical (unpaired) electrons. The molecule has 1 aliphatic carbocycles. The first-order valence-corrected chi connectivity index (χ1v) is 9.14. The number of carbonyl (C=O) groups excluding carboxylic acids is 3. The summed E-state index contributed by atoms with van der Waals surface area (Å²) in [6, 6.07) is 0. The number of allylic oxidation sites excluding steroid dienone is 3. The third kappa shape index (κ3) is 5.59. The molecule has 2 aliphatic rings. The number of amides is 1. The molecule has 5 nitrogen and oxygen atoms in total. The van der Waals surface area contributed by atoms with E-state index >= 15 is 0 Å². The Balaban J connectivity index is 1.87. The van der Waals surface area contributed by atoms with E-state index in [1.807, 2.05) is 26.0 Å². The van der Waals surface area contributed by atoms with Crippen LogP contribution in [-0.4, -0.2) is 35.7 Å². The van der Waals surface area contributed by atoms with Crippen LogP contribution in [0.3, 0.4) is 0 Å². The lowest BCUT2D eigenvalue weighted by Gasteiger charge is -2.24. The fourth-order valence-electron chi connectivity index (χ4n) is 3.08. The van der Waals surface area contributed by atoms with Gasteiger partial charge in [0.2, 0.25) is 5.78 Å². The Labute approximate surface area is 153 Å². The van der Waals surface area contributed by atoms with Crippen LogP contribution in [0, 0.1) is 17.8 Å². The lowest BCUT2D eigenvalue weighted by molar-refractivity contribution is -0.143. The molecule has 0 saturated carbocycles. The van der Waals surface area contributed by atoms with Crippen molar-refractivity contribution in [2.24, 2.45) is 17.8 Å². The standard InChI is InChI=1S/C19H25NO4S/c1-12(2)15(10-17(25)24-11-13-5-3-4-6-13)16(21)9-14-7-8-20-19(23)18(14)22/h3-5,12,14-15H,6-11H2,1-2H3,(H,20,23). The van der Waals surface area contributed by atoms with E-state index in [0.29, 0.717) is 31.0 Å². The van der Waals surface area contributed by atoms with Gasteiger partial charge in [-0.05, 0) is 36.6 Å². The predicted molar refractivity (Wildman–Crippen MR) is 99.1 cm³/mol. The van der Waals surface area contributed by atoms with Gasteiger partial charge < -0.3 is 10.1 Å². The molecule has 0 aromatic rings. The van der Waals surface area contributed by atoms with Gasteiger partial charge in [-0.15, -0.1) is 0 Å². The van der Waals surface area contributed by atoms with Gasteiger partial charge in [0.05, 0.1) is 0 Å². The van der Waals surface area contributed by atoms with Crippen molar-refractivity contribution in [1.29, 1.82) is 0 Å². The van der Waals surface area contributed by atoms with Gasteiger partial charge in [0.1, 0.15) is 12.4 Å². The van der Waals surface area contributed by atoms with Gasteiger partial charge in [-0.25, -0.2) is 0 Å². The van der Waals surface area contributed by atoms with E-state index in [1.54, 1.807) is 0 Å². The van der Waals surface area contributed by atoms with Crippen molar-refractivity contribution < 1.29 is 19.1 Å². The molecule has 2 unspecified atom stereocenters. The Hall–Kier alpha value is -1.82. The minimum Gasteiger partial charge on any atom is -0.483 e. The molecule has 0 bridgehead atoms. The number of rotatable bonds is 8. The number of piperidine rings is 1. The maximum absolute atomic E-state index is 12.7. The topological polar surface area (TPSA) is 72.5 Å². The van der Waals surface area contributed by atoms with E-state index in [-0.39, 0.29) is 24.0 Å². The Bertz CT molecular complexity index is 621. The summed E-state index contributed by atoms with van der Waals surface area (Å²) in [7, 11) is 0. The number of hydrogen-bond donors (Lipinski definition) is 1. The van der Waals surface area contributed by atoms with Gasteiger partial charge in [-0.1, -0.05) is 32.1 Å². The molecule has 0 aromatic heterocycles. The zero-order chi connectivity index (χ0) is 18.4. The SMILES string of the molecule is CC(C)C(CC(=S)OCC1=CC=CC1)C(=O)CC1CCNC(=O)C1=O. The van der Waals surface area contributed by atoms with Crippen molar-refractivity contribution in [3.8, 4) is 0 Å². The number of hydrogen-bond acceptors (Lipinski definition) is 5. The summed E-state index contributed by atoms with van der Waals surface area (Å²) in [6.45, 7) is 4.82. The molecule has 2 atom stereocenters. The molecule has 1 amide bonds. The minimum absolute atomic E-state index is 0.0178. The van der Waals surface area contributed by atoms with E-state index in [2.05, 4.69) is 11.4 Å². The summed E-state index contributed by atoms with van der Waals surface area (Å²) in [5.41, 5.74) is 1.16. The van der Waals surface area contributed by atoms with Gasteiger partial charge in [0.15, 0.2) is 5.05 Å². The summed E-state index contributed by atoms with van der Waals surface area (Å²) in [5, 5.41) is 2.94. The molecule has 25 heavy (non-hydrogen) atoms. The van der Waals surface area contributed by atoms with Gasteiger partial charge in [0.25, 0.3) is 5.91 Å². The molecule has 1 aliphatic heterocycles. The van der Waals surface area contributed by atoms with Crippen LogP contribution in [0.25, 0.3) is 0 Å². The molecule has 6 heteroatoms. The largest absolute Gasteiger partial charge is 0.483 e. The minimum atomic E-state index is -0.581. The first-order valence-electron chi connectivity index (χ1n) is 8.73. The third-order valence-corrected chi connectivity index (χ3v) is 4.98. The predicted octanol–water partition coefficient (Wildman–Crippen LogP) is 2.54. The smallest absolute Gasteiger partial charge is 0.287 e. The van der Waals surface area contributed by atoms with Gasteiger partial charge in [0, 0.05) is 31.2 Å². The first kappa shape index (κ1) is 19.5. The molecule has 1 fully saturated rings. The number of nitrogens with one attached hydrogen (secondary N) is 1. The van der Waals surface area contributed by atoms with Gasteiger partial charge in [-0.2, -0.15) is 0 Å². The summed E-state index contributed by atoms with van der Waals surface area (Å²) >= 11 is 5.30. The van der Waals surface area contributed by atoms with Crippen LogP contribution in [0.4, 0.5) is 0 Å². The summed E-state index contributed by atoms with van der Waals surface area (Å²) < 4.78 is 5.62. The van der Waals surface area contributed by atoms with Crippen molar-refractivity contribution >= 4 is 34.7 Å². The van der Waals surface area contributed by atoms with Crippen molar-refractivity contribution in [2.75, 3.05) is 13.2 Å². The highest BCUT2D eigenvalue weighted by atomic mass is 32.1. The monoisotopic (exact) mass is 363 g/mol. The fraction of sp³-hybridized carbons (Fsp3) is 0.579. The number of Topliss-reactive ketones (excluding diaryl/α,β-unsaturated/α-hetero) is 2. The molecular weight excluding hydrogens is 338 g/mol. The molecule has 1 N–H and O–H groups in total. The lowest BCUT2D eigenvalue weighted by Crippen LogP contribution is -2.43. The van der Waals surface area contributed by atoms with Crippen LogP contribution in [0.1, 0.15) is 39.5 Å². The number of ether oxygens (including phenoxy) is 1. The Morgan fingerprint density at radius 3 is 2.80 bits per heavy atom. The Morgan fingerprint density at radius 1 is 1.40 bits per heavy atom. The van der Waals surface area contributed by atoms with Crippen LogP contribution in [0.15, 0.2) is 23.8 Å². The van der Waals surface area contributed by atoms with Gasteiger partial charge in [-0.3, -0.25) is 14.4 Å². The first-order chi connectivity index (χ1) is 11.9. The Kier molecular flexibility index (Phi) is 7.05. The van der Waals surface area contributed by atoms with Crippen LogP contribution in [0.2, 0.25) is 0 Å². The second-order valence-corrected chi connectivity index (χ2v) is 7.40. The summed E-state index contributed by atoms with van der Waals surface area (Å²) in [5.74, 6) is -1.79. The van der Waals surface area contributed by atoms with Crippen molar-refractivity contribution in [3.63, 3.8) is 0 Å². The van der Waals surface area contributed by atoms with Crippen molar-refractivity contribution in [1.82, 2.24) is 5.32 Å². The number of thiocarbonyl (C=S) groups is 1. The van der Waals surface area contributed by atoms with Crippen molar-refractivity contribution in [2.45, 2.75) is 39.5 Å². The normalized spacial score (nSPS) is 21.1. The lowest BCUT2D eigenvalue weighted by atomic mass is 9.82. The zero-order valence-electron chi connectivity index (χ0n) is 14.7. The van der Waals surface area contributed by atoms with Crippen LogP contribution < -0.4 is 5.32 Å². The molecule has 0 spiro atoms. The number of carbonyl (C=O) groups is 3. The highest BCUT2D eigenvalue weighted by Crippen LogP contribution is 2.24. The molecule has 1 saturated heterocycles. The van der Waals surface area contributed by atoms with E-state index in [1.165, 1.54) is 0 Å². The maximum atomic E-state index is 12.7. The average molecular weight is 363 g/mol. The molecule has 136 valence electrons. The summed E-state index contributed by atoms with van der Waals surface area (Å²) in [4.78, 5) is 36.0. The zero-order valence-corrected chi connectivity index (χ0v) is 15.6. The highest BCUT2D eigenvalue weighted by molar-refractivity contribution is 7.80. The van der Waals surface area contributed by atoms with E-state index < -0.39 is 17.6 Å². The second-order valence-electron chi connectivity index (χ2n) is 6.95. The molecule has 0 aromatic carbocycles. The van der Waals surface area contributed by atoms with Crippen LogP contribution in [-0.2, 0) is 19.1 Å². The third-order valence-electron chi connectivity index (χ3n) is 4.69. The van der Waals surface area contributed by atoms with E-state index in [9.17, 15) is 14.4 Å². The summed E-state index contributed by atoms with van der Waals surface area (Å²) in [6.07, 6.45) is 7.92. The molecular formula is C19H25NO4S. The number of ketones is 2. The van der Waals surface area contributed by atoms with Crippen LogP contribution in [0.5, 0.6) is 0 Å².